The van der Waals surface area contributed by atoms with Crippen LogP contribution in [-0.2, 0) is 12.8 Å². The van der Waals surface area contributed by atoms with Crippen LogP contribution < -0.4 is 0 Å². The smallest absolute Gasteiger partial charge is 0.0997 e. The Bertz CT molecular complexity index is 382. The molecule has 2 rings (SSSR count). The fraction of sp³-hybridized carbons (Fsp3) is 0.400. The Hall–Kier alpha value is -0.960. The lowest BCUT2D eigenvalue weighted by Crippen LogP contribution is -1.98. The summed E-state index contributed by atoms with van der Waals surface area (Å²) in [6.07, 6.45) is 1.95. The van der Waals surface area contributed by atoms with Crippen molar-refractivity contribution >= 4 is 22.4 Å². The van der Waals surface area contributed by atoms with E-state index in [0.29, 0.717) is 0 Å². The van der Waals surface area contributed by atoms with Crippen molar-refractivity contribution in [3.8, 4) is 0 Å². The van der Waals surface area contributed by atoms with Gasteiger partial charge in [0.15, 0.2) is 0 Å². The summed E-state index contributed by atoms with van der Waals surface area (Å²) in [6.45, 7) is 4.25. The Morgan fingerprint density at radius 2 is 1.46 bits per heavy atom. The molecule has 0 aliphatic heterocycles. The normalized spacial score (nSPS) is 10.9. The molecule has 0 bridgehead atoms. The van der Waals surface area contributed by atoms with Gasteiger partial charge in [-0.05, 0) is 12.8 Å². The first-order valence-corrected chi connectivity index (χ1v) is 5.51. The number of fused-ring (bicyclic) bond motifs is 1. The van der Waals surface area contributed by atoms with Crippen LogP contribution in [-0.4, -0.2) is 9.97 Å². The SMILES string of the molecule is CCc1nc2cscc2nc1CC. The van der Waals surface area contributed by atoms with Crippen molar-refractivity contribution in [1.82, 2.24) is 9.97 Å². The molecule has 0 aliphatic carbocycles. The van der Waals surface area contributed by atoms with Gasteiger partial charge in [0.25, 0.3) is 0 Å². The third-order valence-corrected chi connectivity index (χ3v) is 2.85. The van der Waals surface area contributed by atoms with Crippen LogP contribution in [0.5, 0.6) is 0 Å². The molecule has 2 heterocycles. The lowest BCUT2D eigenvalue weighted by molar-refractivity contribution is 0.931. The maximum Gasteiger partial charge on any atom is 0.0997 e. The molecule has 0 saturated heterocycles. The van der Waals surface area contributed by atoms with Gasteiger partial charge in [-0.3, -0.25) is 0 Å². The molecule has 0 spiro atoms. The zero-order valence-electron chi connectivity index (χ0n) is 7.87. The van der Waals surface area contributed by atoms with Crippen LogP contribution in [0.1, 0.15) is 25.2 Å². The minimum absolute atomic E-state index is 0.974. The minimum Gasteiger partial charge on any atom is -0.248 e. The number of nitrogens with zero attached hydrogens (tertiary/aromatic N) is 2. The topological polar surface area (TPSA) is 25.8 Å². The van der Waals surface area contributed by atoms with E-state index < -0.39 is 0 Å². The molecule has 3 heteroatoms. The van der Waals surface area contributed by atoms with E-state index in [0.717, 1.165) is 35.3 Å². The van der Waals surface area contributed by atoms with Gasteiger partial charge in [-0.2, -0.15) is 0 Å². The second-order valence-electron chi connectivity index (χ2n) is 2.97. The zero-order chi connectivity index (χ0) is 9.26. The fourth-order valence-electron chi connectivity index (χ4n) is 1.44. The maximum absolute atomic E-state index is 4.57. The second kappa shape index (κ2) is 3.42. The Morgan fingerprint density at radius 1 is 1.00 bits per heavy atom. The third-order valence-electron chi connectivity index (χ3n) is 2.14. The van der Waals surface area contributed by atoms with E-state index in [-0.39, 0.29) is 0 Å². The average Bonchev–Trinajstić information content (AvgIpc) is 2.62. The number of aryl methyl sites for hydroxylation is 2. The molecule has 0 saturated carbocycles. The molecular weight excluding hydrogens is 180 g/mol. The molecule has 0 aliphatic rings. The van der Waals surface area contributed by atoms with Crippen LogP contribution in [0.2, 0.25) is 0 Å². The van der Waals surface area contributed by atoms with E-state index >= 15 is 0 Å². The van der Waals surface area contributed by atoms with Crippen LogP contribution in [0.3, 0.4) is 0 Å². The van der Waals surface area contributed by atoms with Gasteiger partial charge >= 0.3 is 0 Å². The van der Waals surface area contributed by atoms with E-state index in [4.69, 9.17) is 0 Å². The number of thiophene rings is 1. The summed E-state index contributed by atoms with van der Waals surface area (Å²) in [5, 5.41) is 4.11. The lowest BCUT2D eigenvalue weighted by atomic mass is 10.2. The largest absolute Gasteiger partial charge is 0.248 e. The van der Waals surface area contributed by atoms with Crippen molar-refractivity contribution in [3.05, 3.63) is 22.1 Å². The number of aromatic nitrogens is 2. The minimum atomic E-state index is 0.974. The molecule has 0 radical (unpaired) electrons. The monoisotopic (exact) mass is 192 g/mol. The molecule has 0 fully saturated rings. The lowest BCUT2D eigenvalue weighted by Gasteiger charge is -2.02. The summed E-state index contributed by atoms with van der Waals surface area (Å²) in [5.74, 6) is 0. The van der Waals surface area contributed by atoms with Gasteiger partial charge in [-0.25, -0.2) is 9.97 Å². The van der Waals surface area contributed by atoms with Crippen molar-refractivity contribution in [1.29, 1.82) is 0 Å². The summed E-state index contributed by atoms with van der Waals surface area (Å²) < 4.78 is 0. The van der Waals surface area contributed by atoms with Gasteiger partial charge in [0, 0.05) is 10.8 Å². The highest BCUT2D eigenvalue weighted by Gasteiger charge is 2.05. The first kappa shape index (κ1) is 8.63. The molecule has 13 heavy (non-hydrogen) atoms. The third kappa shape index (κ3) is 1.44. The maximum atomic E-state index is 4.57. The Balaban J connectivity index is 2.67. The van der Waals surface area contributed by atoms with Crippen molar-refractivity contribution in [2.45, 2.75) is 26.7 Å². The van der Waals surface area contributed by atoms with E-state index in [9.17, 15) is 0 Å². The summed E-state index contributed by atoms with van der Waals surface area (Å²) in [7, 11) is 0. The molecule has 0 unspecified atom stereocenters. The quantitative estimate of drug-likeness (QED) is 0.731. The van der Waals surface area contributed by atoms with E-state index in [1.165, 1.54) is 0 Å². The average molecular weight is 192 g/mol. The van der Waals surface area contributed by atoms with Gasteiger partial charge in [0.2, 0.25) is 0 Å². The number of hydrogen-bond donors (Lipinski definition) is 0. The highest BCUT2D eigenvalue weighted by atomic mass is 32.1. The van der Waals surface area contributed by atoms with E-state index in [2.05, 4.69) is 34.6 Å². The molecule has 0 amide bonds. The van der Waals surface area contributed by atoms with Crippen molar-refractivity contribution in [3.63, 3.8) is 0 Å². The van der Waals surface area contributed by atoms with Crippen LogP contribution in [0.15, 0.2) is 10.8 Å². The number of hydrogen-bond acceptors (Lipinski definition) is 3. The van der Waals surface area contributed by atoms with Crippen molar-refractivity contribution in [2.24, 2.45) is 0 Å². The molecule has 68 valence electrons. The highest BCUT2D eigenvalue weighted by molar-refractivity contribution is 7.09. The summed E-state index contributed by atoms with van der Waals surface area (Å²) in [6, 6.07) is 0. The van der Waals surface area contributed by atoms with Gasteiger partial charge < -0.3 is 0 Å². The van der Waals surface area contributed by atoms with Crippen molar-refractivity contribution < 1.29 is 0 Å². The molecule has 0 N–H and O–H groups in total. The molecule has 2 aromatic heterocycles. The van der Waals surface area contributed by atoms with E-state index in [1.807, 2.05) is 0 Å². The standard InChI is InChI=1S/C10H12N2S/c1-3-7-8(4-2)12-10-6-13-5-9(10)11-7/h5-6H,3-4H2,1-2H3. The summed E-state index contributed by atoms with van der Waals surface area (Å²) >= 11 is 1.67. The van der Waals surface area contributed by atoms with Crippen LogP contribution >= 0.6 is 11.3 Å². The zero-order valence-corrected chi connectivity index (χ0v) is 8.69. The summed E-state index contributed by atoms with van der Waals surface area (Å²) in [5.41, 5.74) is 4.37. The Kier molecular flexibility index (Phi) is 2.27. The molecular formula is C10H12N2S. The molecule has 2 aromatic rings. The van der Waals surface area contributed by atoms with Gasteiger partial charge in [0.05, 0.1) is 22.4 Å². The summed E-state index contributed by atoms with van der Waals surface area (Å²) in [4.78, 5) is 9.14. The Labute approximate surface area is 81.7 Å². The first-order chi connectivity index (χ1) is 6.35. The predicted molar refractivity (Wildman–Crippen MR) is 56.2 cm³/mol. The number of rotatable bonds is 2. The van der Waals surface area contributed by atoms with Gasteiger partial charge in [-0.15, -0.1) is 11.3 Å². The van der Waals surface area contributed by atoms with Crippen molar-refractivity contribution in [2.75, 3.05) is 0 Å². The van der Waals surface area contributed by atoms with Gasteiger partial charge in [-0.1, -0.05) is 13.8 Å². The molecule has 0 aromatic carbocycles. The highest BCUT2D eigenvalue weighted by Crippen LogP contribution is 2.17. The van der Waals surface area contributed by atoms with Crippen LogP contribution in [0, 0.1) is 0 Å². The second-order valence-corrected chi connectivity index (χ2v) is 3.71. The van der Waals surface area contributed by atoms with Crippen LogP contribution in [0.25, 0.3) is 11.0 Å². The molecule has 2 nitrogen and oxygen atoms in total. The van der Waals surface area contributed by atoms with E-state index in [1.54, 1.807) is 11.3 Å². The Morgan fingerprint density at radius 3 is 1.85 bits per heavy atom. The molecule has 0 atom stereocenters. The fourth-order valence-corrected chi connectivity index (χ4v) is 2.11. The van der Waals surface area contributed by atoms with Crippen LogP contribution in [0.4, 0.5) is 0 Å². The van der Waals surface area contributed by atoms with Gasteiger partial charge in [0.1, 0.15) is 0 Å². The first-order valence-electron chi connectivity index (χ1n) is 4.56. The predicted octanol–water partition coefficient (Wildman–Crippen LogP) is 2.82.